The molecule has 0 saturated heterocycles. The van der Waals surface area contributed by atoms with Crippen molar-refractivity contribution in [1.82, 2.24) is 0 Å². The lowest BCUT2D eigenvalue weighted by molar-refractivity contribution is 0.0601. The Morgan fingerprint density at radius 2 is 1.66 bits per heavy atom. The van der Waals surface area contributed by atoms with Gasteiger partial charge in [0.05, 0.1) is 46.5 Å². The molecule has 3 rings (SSSR count). The van der Waals surface area contributed by atoms with Crippen LogP contribution in [0.5, 0.6) is 0 Å². The number of benzene rings is 3. The van der Waals surface area contributed by atoms with Gasteiger partial charge in [0.15, 0.2) is 0 Å². The van der Waals surface area contributed by atoms with E-state index >= 15 is 0 Å². The minimum atomic E-state index is -4.21. The van der Waals surface area contributed by atoms with Gasteiger partial charge < -0.3 is 4.74 Å². The zero-order valence-corrected chi connectivity index (χ0v) is 19.6. The number of ether oxygens (including phenoxy) is 1. The molecule has 0 heterocycles. The highest BCUT2D eigenvalue weighted by atomic mass is 35.5. The first-order valence-corrected chi connectivity index (χ1v) is 11.6. The van der Waals surface area contributed by atoms with Crippen molar-refractivity contribution < 1.29 is 17.9 Å². The fourth-order valence-electron chi connectivity index (χ4n) is 2.93. The quantitative estimate of drug-likeness (QED) is 0.398. The van der Waals surface area contributed by atoms with Crippen LogP contribution in [0.4, 0.5) is 5.69 Å². The molecule has 164 valence electrons. The zero-order valence-electron chi connectivity index (χ0n) is 16.6. The largest absolute Gasteiger partial charge is 0.465 e. The molecule has 10 heteroatoms. The number of nitrogens with zero attached hydrogens (tertiary/aromatic N) is 2. The fraction of sp³-hybridized carbons (Fsp3) is 0.0909. The van der Waals surface area contributed by atoms with E-state index in [0.29, 0.717) is 5.56 Å². The van der Waals surface area contributed by atoms with Gasteiger partial charge in [-0.3, -0.25) is 4.31 Å². The van der Waals surface area contributed by atoms with E-state index in [1.165, 1.54) is 49.6 Å². The second-order valence-electron chi connectivity index (χ2n) is 6.51. The minimum absolute atomic E-state index is 0.0112. The van der Waals surface area contributed by atoms with Crippen LogP contribution in [-0.2, 0) is 21.3 Å². The molecule has 6 nitrogen and oxygen atoms in total. The average molecular weight is 510 g/mol. The summed E-state index contributed by atoms with van der Waals surface area (Å²) >= 11 is 18.7. The summed E-state index contributed by atoms with van der Waals surface area (Å²) < 4.78 is 33.1. The first kappa shape index (κ1) is 23.9. The molecule has 0 amide bonds. The standard InChI is InChI=1S/C22H15Cl3N2O4S/c1-31-22(28)17-11-15(8-9-21(17)25)27(13-18-19(23)6-3-7-20(18)24)32(29,30)16-5-2-4-14(10-16)12-26/h2-11H,13H2,1H3. The van der Waals surface area contributed by atoms with Crippen molar-refractivity contribution >= 4 is 56.5 Å². The van der Waals surface area contributed by atoms with Crippen molar-refractivity contribution in [3.05, 3.63) is 92.4 Å². The lowest BCUT2D eigenvalue weighted by Crippen LogP contribution is -2.31. The zero-order chi connectivity index (χ0) is 23.5. The molecule has 0 aliphatic carbocycles. The molecule has 0 saturated carbocycles. The van der Waals surface area contributed by atoms with Gasteiger partial charge in [-0.05, 0) is 48.5 Å². The highest BCUT2D eigenvalue weighted by Crippen LogP contribution is 2.33. The summed E-state index contributed by atoms with van der Waals surface area (Å²) in [6, 6.07) is 16.5. The van der Waals surface area contributed by atoms with Gasteiger partial charge in [0.2, 0.25) is 0 Å². The van der Waals surface area contributed by atoms with Gasteiger partial charge >= 0.3 is 5.97 Å². The first-order valence-electron chi connectivity index (χ1n) is 9.02. The van der Waals surface area contributed by atoms with E-state index in [2.05, 4.69) is 0 Å². The molecule has 0 bridgehead atoms. The van der Waals surface area contributed by atoms with Gasteiger partial charge in [-0.15, -0.1) is 0 Å². The molecule has 0 radical (unpaired) electrons. The molecule has 0 fully saturated rings. The lowest BCUT2D eigenvalue weighted by Gasteiger charge is -2.26. The Hall–Kier alpha value is -2.76. The van der Waals surface area contributed by atoms with Gasteiger partial charge in [0, 0.05) is 15.6 Å². The third kappa shape index (κ3) is 4.84. The second-order valence-corrected chi connectivity index (χ2v) is 9.59. The van der Waals surface area contributed by atoms with Crippen molar-refractivity contribution in [2.75, 3.05) is 11.4 Å². The molecule has 32 heavy (non-hydrogen) atoms. The minimum Gasteiger partial charge on any atom is -0.465 e. The number of esters is 1. The maximum Gasteiger partial charge on any atom is 0.339 e. The van der Waals surface area contributed by atoms with Crippen molar-refractivity contribution in [1.29, 1.82) is 5.26 Å². The van der Waals surface area contributed by atoms with Gasteiger partial charge in [-0.25, -0.2) is 13.2 Å². The number of nitriles is 1. The molecule has 0 aliphatic rings. The van der Waals surface area contributed by atoms with Gasteiger partial charge in [0.1, 0.15) is 0 Å². The summed E-state index contributed by atoms with van der Waals surface area (Å²) in [6.45, 7) is -0.236. The molecule has 0 unspecified atom stereocenters. The van der Waals surface area contributed by atoms with Crippen LogP contribution < -0.4 is 4.31 Å². The van der Waals surface area contributed by atoms with Crippen LogP contribution in [0.15, 0.2) is 65.6 Å². The van der Waals surface area contributed by atoms with Gasteiger partial charge in [-0.1, -0.05) is 46.9 Å². The van der Waals surface area contributed by atoms with E-state index in [9.17, 15) is 18.5 Å². The van der Waals surface area contributed by atoms with Crippen LogP contribution in [-0.4, -0.2) is 21.5 Å². The smallest absolute Gasteiger partial charge is 0.339 e. The summed E-state index contributed by atoms with van der Waals surface area (Å²) in [4.78, 5) is 12.0. The Kier molecular flexibility index (Phi) is 7.32. The molecular weight excluding hydrogens is 495 g/mol. The van der Waals surface area contributed by atoms with Crippen LogP contribution >= 0.6 is 34.8 Å². The fourth-order valence-corrected chi connectivity index (χ4v) is 5.11. The van der Waals surface area contributed by atoms with Crippen LogP contribution in [0.25, 0.3) is 0 Å². The second kappa shape index (κ2) is 9.80. The number of halogens is 3. The van der Waals surface area contributed by atoms with Crippen LogP contribution in [0, 0.1) is 11.3 Å². The maximum absolute atomic E-state index is 13.6. The van der Waals surface area contributed by atoms with E-state index in [1.54, 1.807) is 18.2 Å². The number of rotatable bonds is 6. The monoisotopic (exact) mass is 508 g/mol. The highest BCUT2D eigenvalue weighted by Gasteiger charge is 2.28. The average Bonchev–Trinajstić information content (AvgIpc) is 2.79. The Morgan fingerprint density at radius 1 is 1.00 bits per heavy atom. The predicted octanol–water partition coefficient (Wildman–Crippen LogP) is 5.70. The molecular formula is C22H15Cl3N2O4S. The lowest BCUT2D eigenvalue weighted by atomic mass is 10.1. The Bertz CT molecular complexity index is 1320. The van der Waals surface area contributed by atoms with E-state index in [0.717, 1.165) is 4.31 Å². The summed E-state index contributed by atoms with van der Waals surface area (Å²) in [5.41, 5.74) is 0.662. The number of hydrogen-bond acceptors (Lipinski definition) is 5. The topological polar surface area (TPSA) is 87.5 Å². The molecule has 0 spiro atoms. The number of anilines is 1. The first-order chi connectivity index (χ1) is 15.2. The Labute approximate surface area is 200 Å². The van der Waals surface area contributed by atoms with E-state index in [4.69, 9.17) is 39.5 Å². The number of carbonyl (C=O) groups excluding carboxylic acids is 1. The van der Waals surface area contributed by atoms with Crippen molar-refractivity contribution in [3.63, 3.8) is 0 Å². The third-order valence-corrected chi connectivity index (χ3v) is 7.37. The van der Waals surface area contributed by atoms with Crippen LogP contribution in [0.2, 0.25) is 15.1 Å². The molecule has 3 aromatic carbocycles. The predicted molar refractivity (Wildman–Crippen MR) is 124 cm³/mol. The van der Waals surface area contributed by atoms with E-state index in [-0.39, 0.29) is 43.3 Å². The molecule has 0 N–H and O–H groups in total. The summed E-state index contributed by atoms with van der Waals surface area (Å²) in [7, 11) is -3.02. The molecule has 0 aliphatic heterocycles. The number of methoxy groups -OCH3 is 1. The Morgan fingerprint density at radius 3 is 2.28 bits per heavy atom. The Balaban J connectivity index is 2.23. The van der Waals surface area contributed by atoms with Crippen molar-refractivity contribution in [2.45, 2.75) is 11.4 Å². The molecule has 0 atom stereocenters. The van der Waals surface area contributed by atoms with Crippen LogP contribution in [0.1, 0.15) is 21.5 Å². The summed E-state index contributed by atoms with van der Waals surface area (Å²) in [6.07, 6.45) is 0. The summed E-state index contributed by atoms with van der Waals surface area (Å²) in [5.74, 6) is -0.726. The van der Waals surface area contributed by atoms with Crippen LogP contribution in [0.3, 0.4) is 0 Å². The number of carbonyl (C=O) groups is 1. The molecule has 0 aromatic heterocycles. The third-order valence-electron chi connectivity index (χ3n) is 4.56. The number of hydrogen-bond donors (Lipinski definition) is 0. The maximum atomic E-state index is 13.6. The van der Waals surface area contributed by atoms with E-state index < -0.39 is 16.0 Å². The van der Waals surface area contributed by atoms with Crippen molar-refractivity contribution in [2.24, 2.45) is 0 Å². The van der Waals surface area contributed by atoms with Gasteiger partial charge in [0.25, 0.3) is 10.0 Å². The number of sulfonamides is 1. The van der Waals surface area contributed by atoms with Crippen molar-refractivity contribution in [3.8, 4) is 6.07 Å². The normalized spacial score (nSPS) is 11.0. The van der Waals surface area contributed by atoms with Gasteiger partial charge in [-0.2, -0.15) is 5.26 Å². The van der Waals surface area contributed by atoms with E-state index in [1.807, 2.05) is 6.07 Å². The molecule has 3 aromatic rings. The SMILES string of the molecule is COC(=O)c1cc(N(Cc2c(Cl)cccc2Cl)S(=O)(=O)c2cccc(C#N)c2)ccc1Cl. The highest BCUT2D eigenvalue weighted by molar-refractivity contribution is 7.92. The summed E-state index contributed by atoms with van der Waals surface area (Å²) in [5, 5.41) is 9.82.